The average molecular weight is 361 g/mol. The van der Waals surface area contributed by atoms with Crippen LogP contribution in [0.2, 0.25) is 0 Å². The van der Waals surface area contributed by atoms with Crippen LogP contribution < -0.4 is 10.6 Å². The highest BCUT2D eigenvalue weighted by Gasteiger charge is 2.11. The van der Waals surface area contributed by atoms with Gasteiger partial charge in [-0.3, -0.25) is 0 Å². The van der Waals surface area contributed by atoms with Gasteiger partial charge in [-0.05, 0) is 50.2 Å². The van der Waals surface area contributed by atoms with Crippen molar-refractivity contribution in [2.75, 3.05) is 10.6 Å². The Kier molecular flexibility index (Phi) is 4.28. The monoisotopic (exact) mass is 361 g/mol. The molecule has 0 bridgehead atoms. The van der Waals surface area contributed by atoms with Crippen molar-refractivity contribution in [2.24, 2.45) is 0 Å². The Balaban J connectivity index is 1.65. The van der Waals surface area contributed by atoms with Gasteiger partial charge in [0.15, 0.2) is 0 Å². The van der Waals surface area contributed by atoms with Crippen molar-refractivity contribution in [3.63, 3.8) is 0 Å². The maximum Gasteiger partial charge on any atom is 0.323 e. The molecule has 0 radical (unpaired) electrons. The highest BCUT2D eigenvalue weighted by atomic mass is 19.1. The van der Waals surface area contributed by atoms with Crippen molar-refractivity contribution < 1.29 is 9.18 Å². The van der Waals surface area contributed by atoms with Crippen LogP contribution in [-0.4, -0.2) is 10.6 Å². The molecule has 136 valence electrons. The number of hydrogen-bond donors (Lipinski definition) is 2. The van der Waals surface area contributed by atoms with Gasteiger partial charge >= 0.3 is 6.03 Å². The number of halogens is 1. The molecular formula is C22H20FN3O. The fourth-order valence-corrected chi connectivity index (χ4v) is 3.50. The predicted octanol–water partition coefficient (Wildman–Crippen LogP) is 5.91. The molecule has 3 aromatic carbocycles. The summed E-state index contributed by atoms with van der Waals surface area (Å²) in [5, 5.41) is 7.79. The number of hydrogen-bond acceptors (Lipinski definition) is 1. The number of anilines is 2. The molecule has 5 heteroatoms. The van der Waals surface area contributed by atoms with Crippen molar-refractivity contribution in [2.45, 2.75) is 20.4 Å². The van der Waals surface area contributed by atoms with Crippen molar-refractivity contribution in [1.29, 1.82) is 0 Å². The van der Waals surface area contributed by atoms with E-state index in [0.717, 1.165) is 22.8 Å². The van der Waals surface area contributed by atoms with Gasteiger partial charge in [0.05, 0.1) is 0 Å². The normalized spacial score (nSPS) is 11.1. The summed E-state index contributed by atoms with van der Waals surface area (Å²) in [6.45, 7) is 4.62. The van der Waals surface area contributed by atoms with E-state index < -0.39 is 6.03 Å². The summed E-state index contributed by atoms with van der Waals surface area (Å²) >= 11 is 0. The molecule has 2 N–H and O–H groups in total. The summed E-state index contributed by atoms with van der Waals surface area (Å²) in [7, 11) is 0. The first kappa shape index (κ1) is 17.1. The quantitative estimate of drug-likeness (QED) is 0.468. The van der Waals surface area contributed by atoms with E-state index in [2.05, 4.69) is 34.3 Å². The zero-order valence-electron chi connectivity index (χ0n) is 15.2. The maximum absolute atomic E-state index is 13.6. The van der Waals surface area contributed by atoms with Crippen LogP contribution in [0.4, 0.5) is 20.6 Å². The Morgan fingerprint density at radius 2 is 1.74 bits per heavy atom. The lowest BCUT2D eigenvalue weighted by atomic mass is 10.1. The molecule has 0 unspecified atom stereocenters. The lowest BCUT2D eigenvalue weighted by molar-refractivity contribution is 0.262. The van der Waals surface area contributed by atoms with E-state index in [1.165, 1.54) is 11.6 Å². The van der Waals surface area contributed by atoms with Crippen LogP contribution in [0.3, 0.4) is 0 Å². The zero-order valence-corrected chi connectivity index (χ0v) is 15.2. The van der Waals surface area contributed by atoms with Crippen LogP contribution in [0.25, 0.3) is 21.8 Å². The Bertz CT molecular complexity index is 1160. The molecule has 0 atom stereocenters. The molecule has 4 aromatic rings. The van der Waals surface area contributed by atoms with E-state index >= 15 is 0 Å². The predicted molar refractivity (Wildman–Crippen MR) is 109 cm³/mol. The number of nitrogens with zero attached hydrogens (tertiary/aromatic N) is 1. The number of urea groups is 1. The third-order valence-electron chi connectivity index (χ3n) is 4.86. The number of para-hydroxylation sites is 1. The number of carbonyl (C=O) groups excluding carboxylic acids is 1. The number of aryl methyl sites for hydroxylation is 1. The van der Waals surface area contributed by atoms with Gasteiger partial charge in [0, 0.05) is 45.3 Å². The summed E-state index contributed by atoms with van der Waals surface area (Å²) < 4.78 is 15.9. The Morgan fingerprint density at radius 1 is 0.963 bits per heavy atom. The van der Waals surface area contributed by atoms with Crippen molar-refractivity contribution in [3.8, 4) is 0 Å². The fourth-order valence-electron chi connectivity index (χ4n) is 3.50. The van der Waals surface area contributed by atoms with Crippen molar-refractivity contribution >= 4 is 39.2 Å². The molecule has 0 fully saturated rings. The van der Waals surface area contributed by atoms with Gasteiger partial charge in [0.2, 0.25) is 0 Å². The Labute approximate surface area is 156 Å². The first-order valence-electron chi connectivity index (χ1n) is 8.92. The second-order valence-corrected chi connectivity index (χ2v) is 6.48. The van der Waals surface area contributed by atoms with Gasteiger partial charge in [0.25, 0.3) is 0 Å². The summed E-state index contributed by atoms with van der Waals surface area (Å²) in [6.07, 6.45) is 0. The third kappa shape index (κ3) is 3.01. The molecule has 0 aliphatic carbocycles. The SMILES string of the molecule is CCn1c2ccccc2c2cc(NC(=O)Nc3cccc(F)c3C)ccc21. The minimum Gasteiger partial charge on any atom is -0.341 e. The molecule has 0 spiro atoms. The van der Waals surface area contributed by atoms with Crippen LogP contribution in [0.1, 0.15) is 12.5 Å². The van der Waals surface area contributed by atoms with Crippen LogP contribution in [-0.2, 0) is 6.54 Å². The molecule has 2 amide bonds. The van der Waals surface area contributed by atoms with Gasteiger partial charge in [-0.2, -0.15) is 0 Å². The van der Waals surface area contributed by atoms with E-state index in [0.29, 0.717) is 16.9 Å². The van der Waals surface area contributed by atoms with Crippen molar-refractivity contribution in [1.82, 2.24) is 4.57 Å². The first-order valence-corrected chi connectivity index (χ1v) is 8.92. The number of amides is 2. The van der Waals surface area contributed by atoms with E-state index in [9.17, 15) is 9.18 Å². The molecular weight excluding hydrogens is 341 g/mol. The Hall–Kier alpha value is -3.34. The zero-order chi connectivity index (χ0) is 19.0. The molecule has 4 rings (SSSR count). The molecule has 4 nitrogen and oxygen atoms in total. The molecule has 1 aromatic heterocycles. The second kappa shape index (κ2) is 6.76. The molecule has 0 aliphatic heterocycles. The molecule has 27 heavy (non-hydrogen) atoms. The Morgan fingerprint density at radius 3 is 2.56 bits per heavy atom. The van der Waals surface area contributed by atoms with Gasteiger partial charge in [-0.15, -0.1) is 0 Å². The number of nitrogens with one attached hydrogen (secondary N) is 2. The molecule has 0 aliphatic rings. The van der Waals surface area contributed by atoms with Gasteiger partial charge in [-0.1, -0.05) is 24.3 Å². The van der Waals surface area contributed by atoms with Gasteiger partial charge < -0.3 is 15.2 Å². The van der Waals surface area contributed by atoms with E-state index in [-0.39, 0.29) is 5.82 Å². The minimum atomic E-state index is -0.401. The number of aromatic nitrogens is 1. The average Bonchev–Trinajstić information content (AvgIpc) is 2.98. The molecule has 0 saturated heterocycles. The first-order chi connectivity index (χ1) is 13.1. The maximum atomic E-state index is 13.6. The van der Waals surface area contributed by atoms with Gasteiger partial charge in [-0.25, -0.2) is 9.18 Å². The van der Waals surface area contributed by atoms with E-state index in [1.807, 2.05) is 30.3 Å². The fraction of sp³-hybridized carbons (Fsp3) is 0.136. The smallest absolute Gasteiger partial charge is 0.323 e. The number of carbonyl (C=O) groups is 1. The summed E-state index contributed by atoms with van der Waals surface area (Å²) in [4.78, 5) is 12.4. The van der Waals surface area contributed by atoms with Gasteiger partial charge in [0.1, 0.15) is 5.82 Å². The van der Waals surface area contributed by atoms with Crippen LogP contribution in [0, 0.1) is 12.7 Å². The number of fused-ring (bicyclic) bond motifs is 3. The topological polar surface area (TPSA) is 46.1 Å². The largest absolute Gasteiger partial charge is 0.341 e. The van der Waals surface area contributed by atoms with Crippen LogP contribution >= 0.6 is 0 Å². The van der Waals surface area contributed by atoms with Crippen LogP contribution in [0.15, 0.2) is 60.7 Å². The van der Waals surface area contributed by atoms with E-state index in [4.69, 9.17) is 0 Å². The lowest BCUT2D eigenvalue weighted by Gasteiger charge is -2.10. The minimum absolute atomic E-state index is 0.346. The summed E-state index contributed by atoms with van der Waals surface area (Å²) in [6, 6.07) is 18.3. The van der Waals surface area contributed by atoms with Crippen LogP contribution in [0.5, 0.6) is 0 Å². The lowest BCUT2D eigenvalue weighted by Crippen LogP contribution is -2.20. The number of rotatable bonds is 3. The standard InChI is InChI=1S/C22H20FN3O/c1-3-26-20-10-5-4-7-16(20)17-13-15(11-12-21(17)26)24-22(27)25-19-9-6-8-18(23)14(19)2/h4-13H,3H2,1-2H3,(H2,24,25,27). The molecule has 0 saturated carbocycles. The van der Waals surface area contributed by atoms with E-state index in [1.54, 1.807) is 19.1 Å². The van der Waals surface area contributed by atoms with Crippen molar-refractivity contribution in [3.05, 3.63) is 72.0 Å². The highest BCUT2D eigenvalue weighted by Crippen LogP contribution is 2.31. The molecule has 1 heterocycles. The summed E-state index contributed by atoms with van der Waals surface area (Å²) in [5.41, 5.74) is 3.86. The second-order valence-electron chi connectivity index (χ2n) is 6.48. The third-order valence-corrected chi connectivity index (χ3v) is 4.86. The summed E-state index contributed by atoms with van der Waals surface area (Å²) in [5.74, 6) is -0.346. The number of benzene rings is 3. The highest BCUT2D eigenvalue weighted by molar-refractivity contribution is 6.10.